The number of H-pyrrole nitrogens is 1. The maximum absolute atomic E-state index is 11.8. The monoisotopic (exact) mass is 243 g/mol. The summed E-state index contributed by atoms with van der Waals surface area (Å²) in [6.45, 7) is 0. The Morgan fingerprint density at radius 3 is 2.83 bits per heavy atom. The predicted octanol–water partition coefficient (Wildman–Crippen LogP) is 1.11. The van der Waals surface area contributed by atoms with Crippen LogP contribution in [0.3, 0.4) is 0 Å². The van der Waals surface area contributed by atoms with E-state index in [0.717, 1.165) is 5.52 Å². The van der Waals surface area contributed by atoms with Gasteiger partial charge in [0.2, 0.25) is 0 Å². The van der Waals surface area contributed by atoms with E-state index >= 15 is 0 Å². The maximum Gasteiger partial charge on any atom is 0.357 e. The normalized spacial score (nSPS) is 11.2. The van der Waals surface area contributed by atoms with Gasteiger partial charge in [0.1, 0.15) is 5.52 Å². The number of fused-ring (bicyclic) bond motifs is 3. The highest BCUT2D eigenvalue weighted by Crippen LogP contribution is 2.27. The fraction of sp³-hybridized carbons (Fsp3) is 0.0833. The van der Waals surface area contributed by atoms with Crippen LogP contribution in [0.1, 0.15) is 10.5 Å². The molecule has 1 aromatic carbocycles. The molecule has 0 radical (unpaired) electrons. The summed E-state index contributed by atoms with van der Waals surface area (Å²) in [6, 6.07) is 7.25. The van der Waals surface area contributed by atoms with E-state index in [4.69, 9.17) is 5.11 Å². The van der Waals surface area contributed by atoms with Gasteiger partial charge in [-0.15, -0.1) is 0 Å². The largest absolute Gasteiger partial charge is 0.476 e. The molecule has 2 heterocycles. The van der Waals surface area contributed by atoms with E-state index in [-0.39, 0.29) is 5.69 Å². The van der Waals surface area contributed by atoms with Crippen molar-refractivity contribution in [3.05, 3.63) is 40.3 Å². The zero-order valence-electron chi connectivity index (χ0n) is 9.47. The zero-order chi connectivity index (χ0) is 12.9. The van der Waals surface area contributed by atoms with Crippen molar-refractivity contribution in [2.75, 3.05) is 0 Å². The first-order valence-corrected chi connectivity index (χ1v) is 5.30. The van der Waals surface area contributed by atoms with Gasteiger partial charge in [-0.1, -0.05) is 18.2 Å². The van der Waals surface area contributed by atoms with Crippen molar-refractivity contribution in [3.63, 3.8) is 0 Å². The van der Waals surface area contributed by atoms with E-state index in [1.807, 2.05) is 12.1 Å². The second kappa shape index (κ2) is 3.43. The number of carbonyl (C=O) groups is 1. The van der Waals surface area contributed by atoms with E-state index in [2.05, 4.69) is 10.2 Å². The molecule has 0 atom stereocenters. The van der Waals surface area contributed by atoms with Crippen LogP contribution >= 0.6 is 0 Å². The molecule has 0 spiro atoms. The summed E-state index contributed by atoms with van der Waals surface area (Å²) in [5.41, 5.74) is 0.590. The Hall–Kier alpha value is -2.63. The SMILES string of the molecule is Cn1c2ccccc2c2c(C(=O)O)n[nH]c(=O)c21. The van der Waals surface area contributed by atoms with Crippen molar-refractivity contribution in [1.29, 1.82) is 0 Å². The molecule has 90 valence electrons. The standard InChI is InChI=1S/C12H9N3O3/c1-15-7-5-3-2-4-6(7)8-9(12(17)18)13-14-11(16)10(8)15/h2-5H,1H3,(H,14,16)(H,17,18). The first-order chi connectivity index (χ1) is 8.61. The number of carboxylic acids is 1. The number of hydrogen-bond donors (Lipinski definition) is 2. The van der Waals surface area contributed by atoms with Crippen molar-refractivity contribution in [2.45, 2.75) is 0 Å². The van der Waals surface area contributed by atoms with Gasteiger partial charge in [-0.2, -0.15) is 5.10 Å². The first kappa shape index (κ1) is 10.5. The number of hydrogen-bond acceptors (Lipinski definition) is 3. The summed E-state index contributed by atoms with van der Waals surface area (Å²) in [4.78, 5) is 23.0. The number of para-hydroxylation sites is 1. The van der Waals surface area contributed by atoms with Gasteiger partial charge in [0.15, 0.2) is 5.69 Å². The Balaban J connectivity index is 2.72. The van der Waals surface area contributed by atoms with Crippen molar-refractivity contribution < 1.29 is 9.90 Å². The number of aromatic nitrogens is 3. The molecule has 18 heavy (non-hydrogen) atoms. The van der Waals surface area contributed by atoms with E-state index in [1.165, 1.54) is 0 Å². The Morgan fingerprint density at radius 2 is 2.11 bits per heavy atom. The summed E-state index contributed by atoms with van der Waals surface area (Å²) in [7, 11) is 1.73. The van der Waals surface area contributed by atoms with Gasteiger partial charge in [-0.05, 0) is 6.07 Å². The third-order valence-electron chi connectivity index (χ3n) is 3.03. The van der Waals surface area contributed by atoms with E-state index in [1.54, 1.807) is 23.7 Å². The molecule has 2 N–H and O–H groups in total. The molecule has 0 saturated carbocycles. The third-order valence-corrected chi connectivity index (χ3v) is 3.03. The van der Waals surface area contributed by atoms with Crippen molar-refractivity contribution in [3.8, 4) is 0 Å². The van der Waals surface area contributed by atoms with Crippen LogP contribution in [0.25, 0.3) is 21.8 Å². The number of rotatable bonds is 1. The number of aromatic amines is 1. The van der Waals surface area contributed by atoms with Gasteiger partial charge in [0.25, 0.3) is 5.56 Å². The van der Waals surface area contributed by atoms with Gasteiger partial charge < -0.3 is 9.67 Å². The topological polar surface area (TPSA) is 88.0 Å². The van der Waals surface area contributed by atoms with E-state index < -0.39 is 11.5 Å². The van der Waals surface area contributed by atoms with Gasteiger partial charge in [-0.3, -0.25) is 4.79 Å². The van der Waals surface area contributed by atoms with Gasteiger partial charge >= 0.3 is 5.97 Å². The molecule has 3 aromatic rings. The summed E-state index contributed by atoms with van der Waals surface area (Å²) in [6.07, 6.45) is 0. The number of aromatic carboxylic acids is 1. The fourth-order valence-electron chi connectivity index (χ4n) is 2.27. The Labute approximate surface area is 100 Å². The van der Waals surface area contributed by atoms with Crippen molar-refractivity contribution in [2.24, 2.45) is 7.05 Å². The summed E-state index contributed by atoms with van der Waals surface area (Å²) in [5, 5.41) is 16.1. The highest BCUT2D eigenvalue weighted by Gasteiger charge is 2.19. The average molecular weight is 243 g/mol. The van der Waals surface area contributed by atoms with Gasteiger partial charge in [0, 0.05) is 23.3 Å². The Kier molecular flexibility index (Phi) is 2.00. The lowest BCUT2D eigenvalue weighted by atomic mass is 10.1. The van der Waals surface area contributed by atoms with Crippen LogP contribution in [0.2, 0.25) is 0 Å². The molecule has 6 nitrogen and oxygen atoms in total. The molecule has 3 rings (SSSR count). The van der Waals surface area contributed by atoms with E-state index in [0.29, 0.717) is 16.3 Å². The molecule has 0 aliphatic heterocycles. The molecular formula is C12H9N3O3. The quantitative estimate of drug-likeness (QED) is 0.670. The lowest BCUT2D eigenvalue weighted by Crippen LogP contribution is -2.15. The van der Waals surface area contributed by atoms with Crippen LogP contribution in [0, 0.1) is 0 Å². The van der Waals surface area contributed by atoms with Crippen LogP contribution in [0.15, 0.2) is 29.1 Å². The second-order valence-electron chi connectivity index (χ2n) is 4.01. The lowest BCUT2D eigenvalue weighted by Gasteiger charge is -1.97. The van der Waals surface area contributed by atoms with Crippen LogP contribution < -0.4 is 5.56 Å². The van der Waals surface area contributed by atoms with Crippen LogP contribution in [-0.2, 0) is 7.05 Å². The molecule has 0 fully saturated rings. The predicted molar refractivity (Wildman–Crippen MR) is 65.8 cm³/mol. The molecule has 0 aliphatic rings. The lowest BCUT2D eigenvalue weighted by molar-refractivity contribution is 0.0691. The Bertz CT molecular complexity index is 845. The fourth-order valence-corrected chi connectivity index (χ4v) is 2.27. The molecule has 2 aromatic heterocycles. The molecule has 0 unspecified atom stereocenters. The highest BCUT2D eigenvalue weighted by molar-refractivity contribution is 6.15. The van der Waals surface area contributed by atoms with Gasteiger partial charge in [0.05, 0.1) is 0 Å². The number of carboxylic acid groups (broad SMARTS) is 1. The van der Waals surface area contributed by atoms with Crippen LogP contribution in [0.5, 0.6) is 0 Å². The minimum Gasteiger partial charge on any atom is -0.476 e. The molecule has 0 aliphatic carbocycles. The average Bonchev–Trinajstić information content (AvgIpc) is 2.65. The summed E-state index contributed by atoms with van der Waals surface area (Å²) < 4.78 is 1.68. The number of nitrogens with zero attached hydrogens (tertiary/aromatic N) is 2. The second-order valence-corrected chi connectivity index (χ2v) is 4.01. The number of benzene rings is 1. The number of aryl methyl sites for hydroxylation is 1. The zero-order valence-corrected chi connectivity index (χ0v) is 9.47. The van der Waals surface area contributed by atoms with Crippen LogP contribution in [0.4, 0.5) is 0 Å². The highest BCUT2D eigenvalue weighted by atomic mass is 16.4. The third kappa shape index (κ3) is 1.20. The molecule has 0 bridgehead atoms. The van der Waals surface area contributed by atoms with Gasteiger partial charge in [-0.25, -0.2) is 9.89 Å². The summed E-state index contributed by atoms with van der Waals surface area (Å²) >= 11 is 0. The van der Waals surface area contributed by atoms with E-state index in [9.17, 15) is 9.59 Å². The smallest absolute Gasteiger partial charge is 0.357 e. The Morgan fingerprint density at radius 1 is 1.39 bits per heavy atom. The maximum atomic E-state index is 11.8. The van der Waals surface area contributed by atoms with Crippen LogP contribution in [-0.4, -0.2) is 25.8 Å². The molecule has 0 saturated heterocycles. The van der Waals surface area contributed by atoms with Crippen molar-refractivity contribution in [1.82, 2.24) is 14.8 Å². The van der Waals surface area contributed by atoms with Crippen molar-refractivity contribution >= 4 is 27.8 Å². The molecule has 0 amide bonds. The molecular weight excluding hydrogens is 234 g/mol. The number of nitrogens with one attached hydrogen (secondary N) is 1. The molecule has 6 heteroatoms. The minimum absolute atomic E-state index is 0.138. The summed E-state index contributed by atoms with van der Waals surface area (Å²) in [5.74, 6) is -1.16. The minimum atomic E-state index is -1.16. The first-order valence-electron chi connectivity index (χ1n) is 5.30.